The van der Waals surface area contributed by atoms with Gasteiger partial charge < -0.3 is 19.9 Å². The van der Waals surface area contributed by atoms with Crippen molar-refractivity contribution in [3.63, 3.8) is 0 Å². The Kier molecular flexibility index (Phi) is 4.90. The molecule has 0 radical (unpaired) electrons. The highest BCUT2D eigenvalue weighted by molar-refractivity contribution is 5.96. The molecule has 6 heteroatoms. The lowest BCUT2D eigenvalue weighted by Crippen LogP contribution is -2.38. The molecular weight excluding hydrogens is 284 g/mol. The standard InChI is InChI=1S/C16H22N2O4/c19-12-5-3-11(4-6-12)18-15(20)14-2-1-8-17-16(14)22-13-7-9-21-10-13/h1-2,8,11-13,19H,3-7,9-10H2,(H,18,20). The largest absolute Gasteiger partial charge is 0.471 e. The van der Waals surface area contributed by atoms with Crippen molar-refractivity contribution >= 4 is 5.91 Å². The van der Waals surface area contributed by atoms with Gasteiger partial charge in [-0.2, -0.15) is 0 Å². The van der Waals surface area contributed by atoms with Gasteiger partial charge in [0, 0.05) is 18.7 Å². The SMILES string of the molecule is O=C(NC1CCC(O)CC1)c1cccnc1OC1CCOC1. The summed E-state index contributed by atoms with van der Waals surface area (Å²) in [6.07, 6.45) is 5.26. The summed E-state index contributed by atoms with van der Waals surface area (Å²) in [6, 6.07) is 3.57. The van der Waals surface area contributed by atoms with Crippen LogP contribution in [0.3, 0.4) is 0 Å². The fourth-order valence-electron chi connectivity index (χ4n) is 2.90. The lowest BCUT2D eigenvalue weighted by molar-refractivity contribution is 0.0857. The molecule has 3 rings (SSSR count). The van der Waals surface area contributed by atoms with E-state index in [1.54, 1.807) is 18.3 Å². The Balaban J connectivity index is 1.64. The predicted octanol–water partition coefficient (Wildman–Crippen LogP) is 1.28. The van der Waals surface area contributed by atoms with Gasteiger partial charge in [0.2, 0.25) is 5.88 Å². The van der Waals surface area contributed by atoms with Crippen LogP contribution in [0, 0.1) is 0 Å². The first-order valence-corrected chi connectivity index (χ1v) is 7.90. The van der Waals surface area contributed by atoms with Crippen molar-refractivity contribution < 1.29 is 19.4 Å². The molecule has 1 aromatic rings. The maximum Gasteiger partial charge on any atom is 0.256 e. The minimum absolute atomic E-state index is 0.0359. The number of aliphatic hydroxyl groups is 1. The number of aromatic nitrogens is 1. The summed E-state index contributed by atoms with van der Waals surface area (Å²) in [5, 5.41) is 12.5. The van der Waals surface area contributed by atoms with E-state index in [0.717, 1.165) is 32.1 Å². The van der Waals surface area contributed by atoms with Crippen LogP contribution in [0.5, 0.6) is 5.88 Å². The smallest absolute Gasteiger partial charge is 0.256 e. The number of nitrogens with one attached hydrogen (secondary N) is 1. The second-order valence-corrected chi connectivity index (χ2v) is 5.94. The molecule has 22 heavy (non-hydrogen) atoms. The number of amides is 1. The number of nitrogens with zero attached hydrogens (tertiary/aromatic N) is 1. The van der Waals surface area contributed by atoms with Crippen LogP contribution < -0.4 is 10.1 Å². The number of hydrogen-bond donors (Lipinski definition) is 2. The van der Waals surface area contributed by atoms with Crippen LogP contribution in [0.2, 0.25) is 0 Å². The summed E-state index contributed by atoms with van der Waals surface area (Å²) in [5.74, 6) is 0.203. The third kappa shape index (κ3) is 3.75. The van der Waals surface area contributed by atoms with E-state index in [-0.39, 0.29) is 24.2 Å². The Labute approximate surface area is 129 Å². The van der Waals surface area contributed by atoms with Gasteiger partial charge in [0.05, 0.1) is 19.3 Å². The van der Waals surface area contributed by atoms with E-state index in [2.05, 4.69) is 10.3 Å². The van der Waals surface area contributed by atoms with Gasteiger partial charge in [-0.1, -0.05) is 0 Å². The van der Waals surface area contributed by atoms with Gasteiger partial charge in [-0.25, -0.2) is 4.98 Å². The third-order valence-electron chi connectivity index (χ3n) is 4.21. The van der Waals surface area contributed by atoms with Gasteiger partial charge in [-0.05, 0) is 37.8 Å². The van der Waals surface area contributed by atoms with Crippen molar-refractivity contribution in [2.75, 3.05) is 13.2 Å². The number of aliphatic hydroxyl groups excluding tert-OH is 1. The topological polar surface area (TPSA) is 80.7 Å². The van der Waals surface area contributed by atoms with Crippen LogP contribution in [0.4, 0.5) is 0 Å². The van der Waals surface area contributed by atoms with Crippen molar-refractivity contribution in [2.45, 2.75) is 50.4 Å². The van der Waals surface area contributed by atoms with Crippen molar-refractivity contribution in [3.05, 3.63) is 23.9 Å². The fourth-order valence-corrected chi connectivity index (χ4v) is 2.90. The summed E-state index contributed by atoms with van der Waals surface area (Å²) >= 11 is 0. The van der Waals surface area contributed by atoms with E-state index in [1.165, 1.54) is 0 Å². The molecule has 2 fully saturated rings. The van der Waals surface area contributed by atoms with Gasteiger partial charge in [-0.3, -0.25) is 4.79 Å². The molecular formula is C16H22N2O4. The highest BCUT2D eigenvalue weighted by atomic mass is 16.5. The quantitative estimate of drug-likeness (QED) is 0.876. The van der Waals surface area contributed by atoms with Gasteiger partial charge in [0.25, 0.3) is 5.91 Å². The van der Waals surface area contributed by atoms with Crippen molar-refractivity contribution in [3.8, 4) is 5.88 Å². The zero-order valence-corrected chi connectivity index (χ0v) is 12.5. The van der Waals surface area contributed by atoms with Gasteiger partial charge in [0.1, 0.15) is 11.7 Å². The van der Waals surface area contributed by atoms with Crippen LogP contribution in [-0.2, 0) is 4.74 Å². The van der Waals surface area contributed by atoms with E-state index in [0.29, 0.717) is 24.7 Å². The monoisotopic (exact) mass is 306 g/mol. The fraction of sp³-hybridized carbons (Fsp3) is 0.625. The van der Waals surface area contributed by atoms with Crippen LogP contribution in [0.15, 0.2) is 18.3 Å². The van der Waals surface area contributed by atoms with E-state index in [1.807, 2.05) is 0 Å². The Morgan fingerprint density at radius 3 is 2.86 bits per heavy atom. The molecule has 120 valence electrons. The summed E-state index contributed by atoms with van der Waals surface area (Å²) in [4.78, 5) is 16.7. The molecule has 1 saturated carbocycles. The average molecular weight is 306 g/mol. The molecule has 1 aromatic heterocycles. The third-order valence-corrected chi connectivity index (χ3v) is 4.21. The first-order valence-electron chi connectivity index (χ1n) is 7.90. The van der Waals surface area contributed by atoms with Crippen molar-refractivity contribution in [1.82, 2.24) is 10.3 Å². The van der Waals surface area contributed by atoms with Crippen LogP contribution in [0.25, 0.3) is 0 Å². The lowest BCUT2D eigenvalue weighted by atomic mass is 9.93. The summed E-state index contributed by atoms with van der Waals surface area (Å²) in [6.45, 7) is 1.22. The van der Waals surface area contributed by atoms with Gasteiger partial charge >= 0.3 is 0 Å². The molecule has 0 bridgehead atoms. The van der Waals surface area contributed by atoms with Crippen LogP contribution >= 0.6 is 0 Å². The van der Waals surface area contributed by atoms with E-state index >= 15 is 0 Å². The molecule has 6 nitrogen and oxygen atoms in total. The summed E-state index contributed by atoms with van der Waals surface area (Å²) in [7, 11) is 0. The van der Waals surface area contributed by atoms with Crippen molar-refractivity contribution in [1.29, 1.82) is 0 Å². The maximum atomic E-state index is 12.5. The molecule has 1 unspecified atom stereocenters. The molecule has 2 heterocycles. The number of carbonyl (C=O) groups is 1. The number of pyridine rings is 1. The summed E-state index contributed by atoms with van der Waals surface area (Å²) in [5.41, 5.74) is 0.459. The highest BCUT2D eigenvalue weighted by Gasteiger charge is 2.24. The Morgan fingerprint density at radius 1 is 1.32 bits per heavy atom. The normalized spacial score (nSPS) is 28.3. The number of ether oxygens (including phenoxy) is 2. The highest BCUT2D eigenvalue weighted by Crippen LogP contribution is 2.22. The van der Waals surface area contributed by atoms with Crippen molar-refractivity contribution in [2.24, 2.45) is 0 Å². The van der Waals surface area contributed by atoms with E-state index in [4.69, 9.17) is 9.47 Å². The first-order chi connectivity index (χ1) is 10.7. The predicted molar refractivity (Wildman–Crippen MR) is 79.8 cm³/mol. The number of rotatable bonds is 4. The molecule has 1 amide bonds. The molecule has 2 N–H and O–H groups in total. The molecule has 0 spiro atoms. The van der Waals surface area contributed by atoms with E-state index < -0.39 is 0 Å². The van der Waals surface area contributed by atoms with Gasteiger partial charge in [-0.15, -0.1) is 0 Å². The number of hydrogen-bond acceptors (Lipinski definition) is 5. The Morgan fingerprint density at radius 2 is 2.14 bits per heavy atom. The maximum absolute atomic E-state index is 12.5. The molecule has 1 atom stereocenters. The number of carbonyl (C=O) groups excluding carboxylic acids is 1. The minimum Gasteiger partial charge on any atom is -0.471 e. The zero-order chi connectivity index (χ0) is 15.4. The molecule has 1 saturated heterocycles. The van der Waals surface area contributed by atoms with Gasteiger partial charge in [0.15, 0.2) is 0 Å². The summed E-state index contributed by atoms with van der Waals surface area (Å²) < 4.78 is 11.1. The molecule has 1 aliphatic heterocycles. The molecule has 2 aliphatic rings. The van der Waals surface area contributed by atoms with E-state index in [9.17, 15) is 9.90 Å². The second-order valence-electron chi connectivity index (χ2n) is 5.94. The van der Waals surface area contributed by atoms with Crippen LogP contribution in [-0.4, -0.2) is 47.5 Å². The Bertz CT molecular complexity index is 509. The molecule has 0 aromatic carbocycles. The average Bonchev–Trinajstić information content (AvgIpc) is 3.03. The minimum atomic E-state index is -0.229. The van der Waals surface area contributed by atoms with Crippen LogP contribution in [0.1, 0.15) is 42.5 Å². The molecule has 1 aliphatic carbocycles. The Hall–Kier alpha value is -1.66. The zero-order valence-electron chi connectivity index (χ0n) is 12.5. The second kappa shape index (κ2) is 7.07. The first kappa shape index (κ1) is 15.2. The lowest BCUT2D eigenvalue weighted by Gasteiger charge is -2.26.